The first-order valence-electron chi connectivity index (χ1n) is 6.54. The molecule has 0 amide bonds. The van der Waals surface area contributed by atoms with E-state index in [0.29, 0.717) is 0 Å². The zero-order valence-electron chi connectivity index (χ0n) is 12.1. The number of nitrogens with zero attached hydrogens (tertiary/aromatic N) is 2. The van der Waals surface area contributed by atoms with Crippen molar-refractivity contribution >= 4 is 0 Å². The smallest absolute Gasteiger partial charge is 0.0540 e. The van der Waals surface area contributed by atoms with Crippen molar-refractivity contribution in [1.82, 2.24) is 15.2 Å². The van der Waals surface area contributed by atoms with Crippen molar-refractivity contribution < 1.29 is 0 Å². The largest absolute Gasteiger partial charge is 0.273 e. The Hall–Kier alpha value is -1.65. The second-order valence-electron chi connectivity index (χ2n) is 5.10. The Morgan fingerprint density at radius 2 is 1.89 bits per heavy atom. The lowest BCUT2D eigenvalue weighted by atomic mass is 9.93. The molecule has 0 bridgehead atoms. The van der Waals surface area contributed by atoms with E-state index in [2.05, 4.69) is 49.5 Å². The first-order chi connectivity index (χ1) is 9.04. The summed E-state index contributed by atoms with van der Waals surface area (Å²) in [6, 6.07) is 6.47. The lowest BCUT2D eigenvalue weighted by Gasteiger charge is -2.18. The summed E-state index contributed by atoms with van der Waals surface area (Å²) in [6.07, 6.45) is 2.77. The quantitative estimate of drug-likeness (QED) is 0.652. The molecule has 0 saturated heterocycles. The number of nitrogens with one attached hydrogen (secondary N) is 1. The first-order valence-corrected chi connectivity index (χ1v) is 6.54. The summed E-state index contributed by atoms with van der Waals surface area (Å²) >= 11 is 0. The van der Waals surface area contributed by atoms with Gasteiger partial charge in [-0.05, 0) is 43.9 Å². The third-order valence-electron chi connectivity index (χ3n) is 3.90. The monoisotopic (exact) mass is 258 g/mol. The predicted molar refractivity (Wildman–Crippen MR) is 77.6 cm³/mol. The number of aromatic nitrogens is 2. The topological polar surface area (TPSA) is 55.9 Å². The second kappa shape index (κ2) is 5.55. The minimum atomic E-state index is 0.0912. The van der Waals surface area contributed by atoms with Crippen LogP contribution in [0.15, 0.2) is 24.4 Å². The maximum Gasteiger partial charge on any atom is 0.0540 e. The van der Waals surface area contributed by atoms with Crippen LogP contribution in [0.3, 0.4) is 0 Å². The van der Waals surface area contributed by atoms with Crippen LogP contribution in [-0.4, -0.2) is 9.78 Å². The number of hydrogen-bond donors (Lipinski definition) is 2. The first kappa shape index (κ1) is 13.8. The van der Waals surface area contributed by atoms with Gasteiger partial charge in [0.2, 0.25) is 0 Å². The Morgan fingerprint density at radius 1 is 1.26 bits per heavy atom. The number of aryl methyl sites for hydroxylation is 3. The summed E-state index contributed by atoms with van der Waals surface area (Å²) in [6.45, 7) is 6.36. The van der Waals surface area contributed by atoms with E-state index in [0.717, 1.165) is 17.7 Å². The lowest BCUT2D eigenvalue weighted by molar-refractivity contribution is 0.545. The Bertz CT molecular complexity index is 551. The fourth-order valence-electron chi connectivity index (χ4n) is 2.49. The zero-order valence-corrected chi connectivity index (χ0v) is 12.1. The van der Waals surface area contributed by atoms with Crippen molar-refractivity contribution in [3.63, 3.8) is 0 Å². The molecule has 0 radical (unpaired) electrons. The standard InChI is InChI=1S/C15H22N4/c1-10-6-5-7-11(2)13(10)8-15(18-16)14-9-17-19(4)12(14)3/h5-7,9,15,18H,8,16H2,1-4H3. The van der Waals surface area contributed by atoms with E-state index < -0.39 is 0 Å². The van der Waals surface area contributed by atoms with Crippen molar-refractivity contribution in [3.05, 3.63) is 52.3 Å². The predicted octanol–water partition coefficient (Wildman–Crippen LogP) is 2.09. The number of nitrogens with two attached hydrogens (primary N) is 1. The minimum absolute atomic E-state index is 0.0912. The molecule has 102 valence electrons. The Balaban J connectivity index is 2.32. The number of hydrogen-bond acceptors (Lipinski definition) is 3. The summed E-state index contributed by atoms with van der Waals surface area (Å²) in [5, 5.41) is 4.29. The van der Waals surface area contributed by atoms with Gasteiger partial charge >= 0.3 is 0 Å². The van der Waals surface area contributed by atoms with E-state index in [1.165, 1.54) is 16.7 Å². The highest BCUT2D eigenvalue weighted by molar-refractivity contribution is 5.35. The van der Waals surface area contributed by atoms with Crippen molar-refractivity contribution in [2.75, 3.05) is 0 Å². The van der Waals surface area contributed by atoms with Crippen LogP contribution in [-0.2, 0) is 13.5 Å². The normalized spacial score (nSPS) is 12.7. The summed E-state index contributed by atoms with van der Waals surface area (Å²) in [4.78, 5) is 0. The average molecular weight is 258 g/mol. The van der Waals surface area contributed by atoms with Crippen LogP contribution in [0.2, 0.25) is 0 Å². The molecule has 0 aliphatic rings. The number of benzene rings is 1. The molecule has 3 N–H and O–H groups in total. The molecule has 0 aliphatic carbocycles. The molecule has 1 aromatic heterocycles. The molecule has 4 heteroatoms. The average Bonchev–Trinajstić information content (AvgIpc) is 2.71. The molecular weight excluding hydrogens is 236 g/mol. The summed E-state index contributed by atoms with van der Waals surface area (Å²) in [5.74, 6) is 5.74. The molecule has 2 rings (SSSR count). The molecule has 1 aromatic carbocycles. The molecule has 0 aliphatic heterocycles. The third kappa shape index (κ3) is 2.69. The molecule has 1 atom stereocenters. The van der Waals surface area contributed by atoms with Gasteiger partial charge in [-0.1, -0.05) is 18.2 Å². The number of rotatable bonds is 4. The Labute approximate surface area is 114 Å². The van der Waals surface area contributed by atoms with E-state index in [9.17, 15) is 0 Å². The van der Waals surface area contributed by atoms with Crippen molar-refractivity contribution in [2.45, 2.75) is 33.2 Å². The second-order valence-corrected chi connectivity index (χ2v) is 5.10. The molecule has 1 unspecified atom stereocenters. The van der Waals surface area contributed by atoms with Gasteiger partial charge in [0.1, 0.15) is 0 Å². The van der Waals surface area contributed by atoms with Crippen LogP contribution in [0.25, 0.3) is 0 Å². The summed E-state index contributed by atoms with van der Waals surface area (Å²) in [7, 11) is 1.95. The zero-order chi connectivity index (χ0) is 14.0. The van der Waals surface area contributed by atoms with Crippen LogP contribution in [0.1, 0.15) is 34.0 Å². The SMILES string of the molecule is Cc1cccc(C)c1CC(NN)c1cnn(C)c1C. The van der Waals surface area contributed by atoms with Crippen LogP contribution in [0, 0.1) is 20.8 Å². The number of hydrazine groups is 1. The van der Waals surface area contributed by atoms with E-state index >= 15 is 0 Å². The molecule has 0 fully saturated rings. The Kier molecular flexibility index (Phi) is 4.02. The van der Waals surface area contributed by atoms with Gasteiger partial charge in [0.15, 0.2) is 0 Å². The maximum absolute atomic E-state index is 5.74. The molecule has 19 heavy (non-hydrogen) atoms. The highest BCUT2D eigenvalue weighted by atomic mass is 15.3. The summed E-state index contributed by atoms with van der Waals surface area (Å²) in [5.41, 5.74) is 9.20. The van der Waals surface area contributed by atoms with Gasteiger partial charge in [-0.2, -0.15) is 5.10 Å². The van der Waals surface area contributed by atoms with E-state index in [-0.39, 0.29) is 6.04 Å². The van der Waals surface area contributed by atoms with Gasteiger partial charge in [0.05, 0.1) is 12.2 Å². The van der Waals surface area contributed by atoms with Crippen LogP contribution in [0.5, 0.6) is 0 Å². The van der Waals surface area contributed by atoms with Gasteiger partial charge in [0, 0.05) is 18.3 Å². The Morgan fingerprint density at radius 3 is 2.37 bits per heavy atom. The lowest BCUT2D eigenvalue weighted by Crippen LogP contribution is -2.30. The molecule has 0 saturated carbocycles. The fourth-order valence-corrected chi connectivity index (χ4v) is 2.49. The van der Waals surface area contributed by atoms with Crippen molar-refractivity contribution in [2.24, 2.45) is 12.9 Å². The molecule has 2 aromatic rings. The van der Waals surface area contributed by atoms with Gasteiger partial charge in [-0.15, -0.1) is 0 Å². The van der Waals surface area contributed by atoms with E-state index in [1.807, 2.05) is 17.9 Å². The van der Waals surface area contributed by atoms with Gasteiger partial charge in [-0.3, -0.25) is 16.0 Å². The van der Waals surface area contributed by atoms with Gasteiger partial charge in [0.25, 0.3) is 0 Å². The van der Waals surface area contributed by atoms with Crippen LogP contribution < -0.4 is 11.3 Å². The molecule has 1 heterocycles. The van der Waals surface area contributed by atoms with Crippen molar-refractivity contribution in [1.29, 1.82) is 0 Å². The highest BCUT2D eigenvalue weighted by Crippen LogP contribution is 2.24. The van der Waals surface area contributed by atoms with E-state index in [4.69, 9.17) is 5.84 Å². The van der Waals surface area contributed by atoms with Gasteiger partial charge < -0.3 is 0 Å². The molecule has 0 spiro atoms. The van der Waals surface area contributed by atoms with Crippen LogP contribution in [0.4, 0.5) is 0 Å². The van der Waals surface area contributed by atoms with E-state index in [1.54, 1.807) is 0 Å². The molecular formula is C15H22N4. The highest BCUT2D eigenvalue weighted by Gasteiger charge is 2.17. The maximum atomic E-state index is 5.74. The fraction of sp³-hybridized carbons (Fsp3) is 0.400. The summed E-state index contributed by atoms with van der Waals surface area (Å²) < 4.78 is 1.88. The third-order valence-corrected chi connectivity index (χ3v) is 3.90. The van der Waals surface area contributed by atoms with Gasteiger partial charge in [-0.25, -0.2) is 0 Å². The minimum Gasteiger partial charge on any atom is -0.273 e. The molecule has 4 nitrogen and oxygen atoms in total. The van der Waals surface area contributed by atoms with Crippen molar-refractivity contribution in [3.8, 4) is 0 Å². The van der Waals surface area contributed by atoms with Crippen LogP contribution >= 0.6 is 0 Å².